The highest BCUT2D eigenvalue weighted by molar-refractivity contribution is 7.90. The van der Waals surface area contributed by atoms with E-state index in [0.717, 1.165) is 49.6 Å². The lowest BCUT2D eigenvalue weighted by Crippen LogP contribution is -2.66. The summed E-state index contributed by atoms with van der Waals surface area (Å²) >= 11 is 0. The Labute approximate surface area is 400 Å². The van der Waals surface area contributed by atoms with Gasteiger partial charge in [0.15, 0.2) is 11.4 Å². The van der Waals surface area contributed by atoms with E-state index in [1.165, 1.54) is 30.0 Å². The van der Waals surface area contributed by atoms with Gasteiger partial charge in [0.2, 0.25) is 5.88 Å². The molecule has 69 heavy (non-hydrogen) atoms. The molecule has 1 spiro atoms. The number of nitrogens with zero attached hydrogens (tertiary/aromatic N) is 5. The molecule has 0 radical (unpaired) electrons. The number of sulfonamides is 1. The van der Waals surface area contributed by atoms with Gasteiger partial charge in [-0.1, -0.05) is 24.3 Å². The zero-order chi connectivity index (χ0) is 47.4. The first-order chi connectivity index (χ1) is 33.2. The van der Waals surface area contributed by atoms with Gasteiger partial charge in [-0.25, -0.2) is 13.1 Å². The minimum atomic E-state index is -4.70. The minimum absolute atomic E-state index is 0.0100. The number of hydrogen-bond acceptors (Lipinski definition) is 14. The summed E-state index contributed by atoms with van der Waals surface area (Å²) in [5.74, 6) is -0.510. The molecule has 4 N–H and O–H groups in total. The fourth-order valence-corrected chi connectivity index (χ4v) is 13.5. The number of nitro benzene ring substituents is 1. The van der Waals surface area contributed by atoms with Gasteiger partial charge in [0.25, 0.3) is 21.6 Å². The number of H-pyrrole nitrogens is 1. The van der Waals surface area contributed by atoms with Crippen LogP contribution in [0.5, 0.6) is 11.6 Å². The van der Waals surface area contributed by atoms with Crippen LogP contribution in [0.4, 0.5) is 28.4 Å². The summed E-state index contributed by atoms with van der Waals surface area (Å²) in [5.41, 5.74) is 4.59. The molecule has 5 aliphatic heterocycles. The monoisotopic (exact) mass is 958 g/mol. The molecule has 7 aliphatic rings. The molecule has 5 fully saturated rings. The molecule has 18 heteroatoms. The number of benzene rings is 3. The number of likely N-dealkylation sites (tertiary alicyclic amines) is 1. The van der Waals surface area contributed by atoms with Crippen LogP contribution in [0.2, 0.25) is 0 Å². The fourth-order valence-electron chi connectivity index (χ4n) is 12.5. The van der Waals surface area contributed by atoms with E-state index in [9.17, 15) is 28.4 Å². The number of aromatic amines is 1. The van der Waals surface area contributed by atoms with Gasteiger partial charge in [-0.2, -0.15) is 4.98 Å². The summed E-state index contributed by atoms with van der Waals surface area (Å²) in [6.07, 6.45) is 8.78. The van der Waals surface area contributed by atoms with Crippen molar-refractivity contribution in [3.63, 3.8) is 0 Å². The number of fused-ring (bicyclic) bond motifs is 4. The molecule has 2 saturated carbocycles. The number of anilines is 4. The van der Waals surface area contributed by atoms with E-state index >= 15 is 0 Å². The highest BCUT2D eigenvalue weighted by Gasteiger charge is 2.55. The average Bonchev–Trinajstić information content (AvgIpc) is 4.07. The van der Waals surface area contributed by atoms with Crippen LogP contribution in [-0.2, 0) is 14.8 Å². The number of aliphatic hydroxyl groups is 1. The Kier molecular flexibility index (Phi) is 10.6. The third-order valence-electron chi connectivity index (χ3n) is 16.4. The maximum absolute atomic E-state index is 14.7. The number of nitrogens with one attached hydrogen (secondary N) is 3. The molecule has 2 aromatic heterocycles. The van der Waals surface area contributed by atoms with Crippen molar-refractivity contribution in [2.24, 2.45) is 17.3 Å². The van der Waals surface area contributed by atoms with Crippen LogP contribution in [0, 0.1) is 34.3 Å². The lowest BCUT2D eigenvalue weighted by molar-refractivity contribution is -0.384. The molecule has 1 amide bonds. The number of carbonyl (C=O) groups is 1. The van der Waals surface area contributed by atoms with Crippen LogP contribution < -0.4 is 29.3 Å². The minimum Gasteiger partial charge on any atom is -0.489 e. The second kappa shape index (κ2) is 16.6. The number of hydrogen-bond donors (Lipinski definition) is 4. The highest BCUT2D eigenvalue weighted by Crippen LogP contribution is 2.55. The summed E-state index contributed by atoms with van der Waals surface area (Å²) in [6.45, 7) is 8.25. The number of amides is 1. The number of aryl methyl sites for hydroxylation is 1. The molecular weight excluding hydrogens is 901 g/mol. The van der Waals surface area contributed by atoms with Gasteiger partial charge in [-0.05, 0) is 119 Å². The predicted octanol–water partition coefficient (Wildman–Crippen LogP) is 7.36. The number of ether oxygens (including phenoxy) is 3. The zero-order valence-corrected chi connectivity index (χ0v) is 39.7. The summed E-state index contributed by atoms with van der Waals surface area (Å²) < 4.78 is 49.4. The summed E-state index contributed by atoms with van der Waals surface area (Å²) in [5, 5.41) is 27.2. The second-order valence-electron chi connectivity index (χ2n) is 21.1. The van der Waals surface area contributed by atoms with Crippen molar-refractivity contribution in [1.29, 1.82) is 0 Å². The topological polar surface area (TPSA) is 205 Å². The average molecular weight is 959 g/mol. The predicted molar refractivity (Wildman–Crippen MR) is 259 cm³/mol. The van der Waals surface area contributed by atoms with Crippen LogP contribution in [0.25, 0.3) is 11.0 Å². The van der Waals surface area contributed by atoms with Crippen molar-refractivity contribution in [1.82, 2.24) is 19.6 Å². The van der Waals surface area contributed by atoms with E-state index in [2.05, 4.69) is 56.0 Å². The Morgan fingerprint density at radius 3 is 2.59 bits per heavy atom. The number of pyridine rings is 1. The summed E-state index contributed by atoms with van der Waals surface area (Å²) in [4.78, 5) is 41.2. The summed E-state index contributed by atoms with van der Waals surface area (Å²) in [7, 11) is -4.70. The SMILES string of the molecule is Cc1ccccc1[C@@H]1CCCN1C1CC2(C1)CN(c1ccc(C(=O)NS(=O)(=O)c3cc4c(c([N+](=O)[O-])c3)N[C@@H](C3CCC(C)(O)CC3)CO4)c(N3C[C@H]4COC[C@H]4Oc4nc5[nH]ccc5cc43)c1)C2. The maximum Gasteiger partial charge on any atom is 0.297 e. The first-order valence-electron chi connectivity index (χ1n) is 24.4. The van der Waals surface area contributed by atoms with Gasteiger partial charge < -0.3 is 39.4 Å². The van der Waals surface area contributed by atoms with Gasteiger partial charge in [0.05, 0.1) is 45.9 Å². The molecule has 362 valence electrons. The van der Waals surface area contributed by atoms with Crippen molar-refractivity contribution in [3.05, 3.63) is 99.7 Å². The molecule has 3 saturated heterocycles. The third-order valence-corrected chi connectivity index (χ3v) is 17.7. The summed E-state index contributed by atoms with van der Waals surface area (Å²) in [6, 6.07) is 21.1. The maximum atomic E-state index is 14.7. The smallest absolute Gasteiger partial charge is 0.297 e. The van der Waals surface area contributed by atoms with Gasteiger partial charge >= 0.3 is 0 Å². The van der Waals surface area contributed by atoms with Crippen LogP contribution in [0.3, 0.4) is 0 Å². The number of aromatic nitrogens is 2. The van der Waals surface area contributed by atoms with E-state index in [0.29, 0.717) is 80.4 Å². The fraction of sp³-hybridized carbons (Fsp3) is 0.490. The molecule has 7 heterocycles. The van der Waals surface area contributed by atoms with E-state index in [1.54, 1.807) is 12.3 Å². The van der Waals surface area contributed by atoms with E-state index in [-0.39, 0.29) is 53.0 Å². The van der Waals surface area contributed by atoms with Crippen LogP contribution in [0.1, 0.15) is 85.8 Å². The molecule has 0 bridgehead atoms. The number of nitro groups is 1. The van der Waals surface area contributed by atoms with Crippen molar-refractivity contribution >= 4 is 55.4 Å². The lowest BCUT2D eigenvalue weighted by atomic mass is 9.60. The number of carbonyl (C=O) groups excluding carboxylic acids is 1. The van der Waals surface area contributed by atoms with Crippen molar-refractivity contribution < 1.29 is 37.5 Å². The quantitative estimate of drug-likeness (QED) is 0.0842. The number of rotatable bonds is 9. The third kappa shape index (κ3) is 7.92. The van der Waals surface area contributed by atoms with Crippen molar-refractivity contribution in [2.75, 3.05) is 61.1 Å². The zero-order valence-electron chi connectivity index (χ0n) is 38.9. The molecule has 3 aromatic carbocycles. The molecular formula is C51H58N8O9S. The molecule has 2 aliphatic carbocycles. The first kappa shape index (κ1) is 44.3. The van der Waals surface area contributed by atoms with Gasteiger partial charge in [-0.3, -0.25) is 19.8 Å². The van der Waals surface area contributed by atoms with Crippen LogP contribution in [-0.4, -0.2) is 109 Å². The first-order valence-corrected chi connectivity index (χ1v) is 25.9. The standard InChI is InChI=1S/C51H58N8O9S/c1-30-6-3-4-7-37(30)40-8-5-17-57(40)35-22-51(23-35)28-56(29-51)34-9-10-38(41(19-34)58-24-33-25-66-27-45(33)68-49-43(58)18-32-13-16-52-47(32)54-49)48(60)55-69(64,65)36-20-42(59(62)63)46-44(21-36)67-26-39(53-46)31-11-14-50(2,61)15-12-31/h3-4,6-7,9-10,13,16,18-21,31,33,35,39-40,45,53,61H,5,8,11-12,14-15,17,22-29H2,1-2H3,(H,52,54)(H,55,60)/t31?,33-,39+,40-,45+,50?/m0/s1. The Hall–Kier alpha value is -5.95. The lowest BCUT2D eigenvalue weighted by Gasteiger charge is -2.62. The Morgan fingerprint density at radius 1 is 0.986 bits per heavy atom. The normalized spacial score (nSPS) is 27.5. The highest BCUT2D eigenvalue weighted by atomic mass is 32.2. The van der Waals surface area contributed by atoms with Gasteiger partial charge in [0.1, 0.15) is 24.0 Å². The molecule has 4 atom stereocenters. The van der Waals surface area contributed by atoms with Gasteiger partial charge in [-0.15, -0.1) is 0 Å². The molecule has 0 unspecified atom stereocenters. The van der Waals surface area contributed by atoms with E-state index in [1.807, 2.05) is 36.1 Å². The van der Waals surface area contributed by atoms with Crippen molar-refractivity contribution in [2.45, 2.75) is 99.9 Å². The molecule has 12 rings (SSSR count). The Balaban J connectivity index is 0.840. The van der Waals surface area contributed by atoms with Crippen molar-refractivity contribution in [3.8, 4) is 11.6 Å². The molecule has 17 nitrogen and oxygen atoms in total. The van der Waals surface area contributed by atoms with E-state index in [4.69, 9.17) is 19.2 Å². The van der Waals surface area contributed by atoms with Crippen LogP contribution in [0.15, 0.2) is 77.8 Å². The largest absolute Gasteiger partial charge is 0.489 e. The van der Waals surface area contributed by atoms with E-state index < -0.39 is 37.0 Å². The van der Waals surface area contributed by atoms with Crippen LogP contribution >= 0.6 is 0 Å². The Morgan fingerprint density at radius 2 is 1.80 bits per heavy atom. The second-order valence-corrected chi connectivity index (χ2v) is 22.8. The Bertz CT molecular complexity index is 2970. The van der Waals surface area contributed by atoms with Gasteiger partial charge in [0, 0.05) is 72.5 Å². The molecule has 5 aromatic rings.